The largest absolute Gasteiger partial charge is 0.453 e. The number of rotatable bonds is 6. The fourth-order valence-corrected chi connectivity index (χ4v) is 4.02. The van der Waals surface area contributed by atoms with Gasteiger partial charge in [-0.05, 0) is 74.0 Å². The molecule has 3 amide bonds. The predicted molar refractivity (Wildman–Crippen MR) is 146 cm³/mol. The third-order valence-corrected chi connectivity index (χ3v) is 5.96. The third-order valence-electron chi connectivity index (χ3n) is 5.96. The highest BCUT2D eigenvalue weighted by Crippen LogP contribution is 2.38. The van der Waals surface area contributed by atoms with Crippen molar-refractivity contribution in [2.75, 3.05) is 35.0 Å². The number of carbonyl (C=O) groups excluding carboxylic acids is 3. The van der Waals surface area contributed by atoms with Crippen LogP contribution < -0.4 is 26.6 Å². The highest BCUT2D eigenvalue weighted by atomic mass is 19.1. The van der Waals surface area contributed by atoms with E-state index in [0.717, 1.165) is 0 Å². The van der Waals surface area contributed by atoms with Crippen molar-refractivity contribution in [1.29, 1.82) is 0 Å². The molecule has 0 bridgehead atoms. The number of anilines is 4. The summed E-state index contributed by atoms with van der Waals surface area (Å²) in [4.78, 5) is 38.6. The van der Waals surface area contributed by atoms with Gasteiger partial charge in [-0.1, -0.05) is 12.1 Å². The number of nitrogens with two attached hydrogens (primary N) is 1. The van der Waals surface area contributed by atoms with Gasteiger partial charge in [-0.3, -0.25) is 14.9 Å². The summed E-state index contributed by atoms with van der Waals surface area (Å²) in [5.74, 6) is -1.10. The molecule has 196 valence electrons. The molecular weight excluding hydrogens is 489 g/mol. The molecule has 0 saturated carbocycles. The van der Waals surface area contributed by atoms with E-state index in [1.165, 1.54) is 24.1 Å². The van der Waals surface area contributed by atoms with E-state index < -0.39 is 23.4 Å². The lowest BCUT2D eigenvalue weighted by Gasteiger charge is -2.26. The number of hydrogen-bond acceptors (Lipinski definition) is 6. The smallest absolute Gasteiger partial charge is 0.411 e. The Morgan fingerprint density at radius 3 is 2.18 bits per heavy atom. The fourth-order valence-electron chi connectivity index (χ4n) is 4.02. The lowest BCUT2D eigenvalue weighted by Crippen LogP contribution is -2.49. The Balaban J connectivity index is 1.73. The van der Waals surface area contributed by atoms with Crippen LogP contribution in [0, 0.1) is 5.82 Å². The molecule has 3 aromatic rings. The second-order valence-corrected chi connectivity index (χ2v) is 9.35. The fraction of sp³-hybridized carbons (Fsp3) is 0.179. The summed E-state index contributed by atoms with van der Waals surface area (Å²) in [5, 5.41) is 8.60. The van der Waals surface area contributed by atoms with Crippen molar-refractivity contribution < 1.29 is 23.5 Å². The van der Waals surface area contributed by atoms with Crippen LogP contribution in [0.4, 0.5) is 31.9 Å². The first kappa shape index (κ1) is 26.4. The average molecular weight is 518 g/mol. The molecule has 0 saturated heterocycles. The van der Waals surface area contributed by atoms with Crippen LogP contribution in [0.1, 0.15) is 25.0 Å². The van der Waals surface area contributed by atoms with E-state index in [0.29, 0.717) is 45.1 Å². The topological polar surface area (TPSA) is 126 Å². The van der Waals surface area contributed by atoms with Crippen molar-refractivity contribution in [2.45, 2.75) is 19.4 Å². The van der Waals surface area contributed by atoms with Crippen molar-refractivity contribution in [1.82, 2.24) is 0 Å². The van der Waals surface area contributed by atoms with Gasteiger partial charge in [0.15, 0.2) is 0 Å². The number of fused-ring (bicyclic) bond motifs is 1. The van der Waals surface area contributed by atoms with E-state index >= 15 is 0 Å². The number of amides is 3. The van der Waals surface area contributed by atoms with Crippen LogP contribution in [0.2, 0.25) is 0 Å². The summed E-state index contributed by atoms with van der Waals surface area (Å²) in [5.41, 5.74) is 9.07. The Morgan fingerprint density at radius 1 is 0.974 bits per heavy atom. The van der Waals surface area contributed by atoms with E-state index in [1.54, 1.807) is 75.5 Å². The molecule has 5 N–H and O–H groups in total. The van der Waals surface area contributed by atoms with Crippen LogP contribution in [-0.4, -0.2) is 37.6 Å². The molecule has 38 heavy (non-hydrogen) atoms. The number of ether oxygens (including phenoxy) is 1. The number of nitrogens with zero attached hydrogens (tertiary/aromatic N) is 1. The van der Waals surface area contributed by atoms with Crippen molar-refractivity contribution in [2.24, 2.45) is 5.73 Å². The molecule has 0 unspecified atom stereocenters. The van der Waals surface area contributed by atoms with E-state index in [9.17, 15) is 18.8 Å². The molecule has 1 aliphatic heterocycles. The molecule has 0 spiro atoms. The van der Waals surface area contributed by atoms with Gasteiger partial charge < -0.3 is 26.0 Å². The van der Waals surface area contributed by atoms with Crippen LogP contribution in [0.3, 0.4) is 0 Å². The van der Waals surface area contributed by atoms with Gasteiger partial charge in [0.2, 0.25) is 5.91 Å². The molecule has 1 aliphatic rings. The number of carbonyl (C=O) groups is 3. The van der Waals surface area contributed by atoms with Crippen LogP contribution >= 0.6 is 0 Å². The zero-order chi connectivity index (χ0) is 27.6. The number of hydrogen-bond donors (Lipinski definition) is 4. The summed E-state index contributed by atoms with van der Waals surface area (Å²) >= 11 is 0. The second kappa shape index (κ2) is 10.3. The zero-order valence-electron chi connectivity index (χ0n) is 21.4. The number of nitrogens with one attached hydrogen (secondary N) is 3. The third kappa shape index (κ3) is 5.50. The molecule has 1 heterocycles. The minimum atomic E-state index is -1.03. The summed E-state index contributed by atoms with van der Waals surface area (Å²) in [7, 11) is 2.92. The Morgan fingerprint density at radius 2 is 1.58 bits per heavy atom. The monoisotopic (exact) mass is 517 g/mol. The average Bonchev–Trinajstić information content (AvgIpc) is 3.21. The van der Waals surface area contributed by atoms with Gasteiger partial charge in [0, 0.05) is 29.7 Å². The lowest BCUT2D eigenvalue weighted by atomic mass is 9.99. The summed E-state index contributed by atoms with van der Waals surface area (Å²) in [6.07, 6.45) is -0.609. The second-order valence-electron chi connectivity index (χ2n) is 9.35. The summed E-state index contributed by atoms with van der Waals surface area (Å²) in [6.45, 7) is 3.28. The molecule has 0 atom stereocenters. The molecular formula is C28H28FN5O4. The van der Waals surface area contributed by atoms with Gasteiger partial charge in [0.1, 0.15) is 5.82 Å². The molecule has 3 aromatic carbocycles. The van der Waals surface area contributed by atoms with E-state index in [4.69, 9.17) is 5.73 Å². The lowest BCUT2D eigenvalue weighted by molar-refractivity contribution is -0.122. The number of benzene rings is 3. The van der Waals surface area contributed by atoms with Crippen molar-refractivity contribution >= 4 is 51.9 Å². The van der Waals surface area contributed by atoms with Gasteiger partial charge in [-0.25, -0.2) is 9.18 Å². The van der Waals surface area contributed by atoms with Gasteiger partial charge >= 0.3 is 6.09 Å². The first-order chi connectivity index (χ1) is 18.0. The Bertz CT molecular complexity index is 1430. The molecule has 0 fully saturated rings. The maximum atomic E-state index is 13.8. The minimum Gasteiger partial charge on any atom is -0.453 e. The minimum absolute atomic E-state index is 0.242. The van der Waals surface area contributed by atoms with Crippen LogP contribution in [0.15, 0.2) is 66.7 Å². The van der Waals surface area contributed by atoms with Crippen molar-refractivity contribution in [3.8, 4) is 0 Å². The summed E-state index contributed by atoms with van der Waals surface area (Å²) in [6, 6.07) is 18.0. The Labute approximate surface area is 219 Å². The van der Waals surface area contributed by atoms with Crippen LogP contribution in [0.25, 0.3) is 11.3 Å². The quantitative estimate of drug-likeness (QED) is 0.353. The van der Waals surface area contributed by atoms with E-state index in [-0.39, 0.29) is 5.91 Å². The first-order valence-electron chi connectivity index (χ1n) is 11.7. The van der Waals surface area contributed by atoms with Crippen LogP contribution in [-0.2, 0) is 14.3 Å². The normalized spacial score (nSPS) is 13.8. The predicted octanol–water partition coefficient (Wildman–Crippen LogP) is 4.64. The highest BCUT2D eigenvalue weighted by molar-refractivity contribution is 6.37. The molecule has 0 aliphatic carbocycles. The standard InChI is InChI=1S/C28H28FN5O4/c1-28(2,30)26(36)34(3)20-12-10-18(11-13-20)31-24(16-5-8-19(9-6-16)32-27(37)38-4)23-21-14-7-17(29)15-22(21)33-25(23)35/h5-15,31H,30H2,1-4H3,(H,32,37)(H,33,35)/b24-23-. The van der Waals surface area contributed by atoms with Gasteiger partial charge in [-0.2, -0.15) is 0 Å². The molecule has 4 rings (SSSR count). The Hall–Kier alpha value is -4.70. The SMILES string of the molecule is COC(=O)Nc1ccc(/C(Nc2ccc(N(C)C(=O)C(C)(C)N)cc2)=C2/C(=O)Nc3cc(F)ccc32)cc1. The summed E-state index contributed by atoms with van der Waals surface area (Å²) < 4.78 is 18.5. The molecule has 10 heteroatoms. The number of halogens is 1. The maximum absolute atomic E-state index is 13.8. The zero-order valence-corrected chi connectivity index (χ0v) is 21.4. The maximum Gasteiger partial charge on any atom is 0.411 e. The van der Waals surface area contributed by atoms with Crippen molar-refractivity contribution in [3.63, 3.8) is 0 Å². The molecule has 9 nitrogen and oxygen atoms in total. The highest BCUT2D eigenvalue weighted by Gasteiger charge is 2.29. The van der Waals surface area contributed by atoms with Gasteiger partial charge in [0.05, 0.1) is 29.6 Å². The molecule has 0 radical (unpaired) electrons. The molecule has 0 aromatic heterocycles. The van der Waals surface area contributed by atoms with Gasteiger partial charge in [-0.15, -0.1) is 0 Å². The van der Waals surface area contributed by atoms with E-state index in [1.807, 2.05) is 0 Å². The van der Waals surface area contributed by atoms with Gasteiger partial charge in [0.25, 0.3) is 5.91 Å². The Kier molecular flexibility index (Phi) is 7.18. The van der Waals surface area contributed by atoms with E-state index in [2.05, 4.69) is 20.7 Å². The number of methoxy groups -OCH3 is 1. The first-order valence-corrected chi connectivity index (χ1v) is 11.7. The van der Waals surface area contributed by atoms with Crippen LogP contribution in [0.5, 0.6) is 0 Å². The van der Waals surface area contributed by atoms with Crippen molar-refractivity contribution in [3.05, 3.63) is 83.7 Å². The number of likely N-dealkylation sites (N-methyl/N-ethyl adjacent to an activating group) is 1.